The van der Waals surface area contributed by atoms with E-state index in [0.29, 0.717) is 10.9 Å². The van der Waals surface area contributed by atoms with Crippen molar-refractivity contribution in [2.75, 3.05) is 6.54 Å². The smallest absolute Gasteiger partial charge is 0.383 e. The van der Waals surface area contributed by atoms with E-state index in [0.717, 1.165) is 18.2 Å². The van der Waals surface area contributed by atoms with E-state index in [1.807, 2.05) is 0 Å². The number of hydrogen-bond donors (Lipinski definition) is 2. The third-order valence-electron chi connectivity index (χ3n) is 3.13. The SMILES string of the molecule is C[C@@](O)(CNS(=O)(=O)c1cccc(C(F)(F)F)c1)c1cccs1. The zero-order chi connectivity index (χ0) is 17.3. The minimum atomic E-state index is -4.63. The zero-order valence-corrected chi connectivity index (χ0v) is 13.6. The van der Waals surface area contributed by atoms with Gasteiger partial charge >= 0.3 is 6.18 Å². The van der Waals surface area contributed by atoms with Crippen molar-refractivity contribution in [2.45, 2.75) is 23.6 Å². The van der Waals surface area contributed by atoms with Crippen LogP contribution in [0.2, 0.25) is 0 Å². The Morgan fingerprint density at radius 3 is 2.48 bits per heavy atom. The quantitative estimate of drug-likeness (QED) is 0.856. The zero-order valence-electron chi connectivity index (χ0n) is 12.0. The van der Waals surface area contributed by atoms with E-state index >= 15 is 0 Å². The summed E-state index contributed by atoms with van der Waals surface area (Å²) >= 11 is 1.25. The highest BCUT2D eigenvalue weighted by atomic mass is 32.2. The summed E-state index contributed by atoms with van der Waals surface area (Å²) in [7, 11) is -4.17. The fourth-order valence-corrected chi connectivity index (χ4v) is 3.80. The maximum absolute atomic E-state index is 12.7. The lowest BCUT2D eigenvalue weighted by molar-refractivity contribution is -0.137. The van der Waals surface area contributed by atoms with Crippen LogP contribution in [0.3, 0.4) is 0 Å². The Balaban J connectivity index is 2.20. The van der Waals surface area contributed by atoms with Crippen LogP contribution in [0.5, 0.6) is 0 Å². The maximum Gasteiger partial charge on any atom is 0.416 e. The summed E-state index contributed by atoms with van der Waals surface area (Å²) in [5.74, 6) is 0. The summed E-state index contributed by atoms with van der Waals surface area (Å²) < 4.78 is 64.4. The average molecular weight is 365 g/mol. The highest BCUT2D eigenvalue weighted by Gasteiger charge is 2.32. The minimum Gasteiger partial charge on any atom is -0.383 e. The predicted octanol–water partition coefficient (Wildman–Crippen LogP) is 2.95. The molecule has 2 N–H and O–H groups in total. The Hall–Kier alpha value is -1.42. The molecule has 1 aromatic carbocycles. The van der Waals surface area contributed by atoms with Crippen molar-refractivity contribution in [3.8, 4) is 0 Å². The molecule has 2 aromatic rings. The van der Waals surface area contributed by atoms with E-state index in [1.54, 1.807) is 17.5 Å². The molecule has 0 aliphatic carbocycles. The van der Waals surface area contributed by atoms with Crippen molar-refractivity contribution in [3.05, 3.63) is 52.2 Å². The van der Waals surface area contributed by atoms with Crippen LogP contribution in [0, 0.1) is 0 Å². The molecule has 0 aliphatic rings. The van der Waals surface area contributed by atoms with Gasteiger partial charge in [-0.1, -0.05) is 12.1 Å². The molecule has 0 radical (unpaired) electrons. The molecule has 4 nitrogen and oxygen atoms in total. The van der Waals surface area contributed by atoms with Crippen LogP contribution >= 0.6 is 11.3 Å². The van der Waals surface area contributed by atoms with Crippen LogP contribution in [0.1, 0.15) is 17.4 Å². The molecule has 0 amide bonds. The summed E-state index contributed by atoms with van der Waals surface area (Å²) in [5, 5.41) is 12.0. The lowest BCUT2D eigenvalue weighted by Gasteiger charge is -2.22. The first-order valence-corrected chi connectivity index (χ1v) is 8.82. The first-order chi connectivity index (χ1) is 10.5. The fraction of sp³-hybridized carbons (Fsp3) is 0.286. The van der Waals surface area contributed by atoms with E-state index in [9.17, 15) is 26.7 Å². The van der Waals surface area contributed by atoms with Crippen molar-refractivity contribution < 1.29 is 26.7 Å². The number of sulfonamides is 1. The molecule has 2 rings (SSSR count). The first kappa shape index (κ1) is 17.9. The molecule has 9 heteroatoms. The summed E-state index contributed by atoms with van der Waals surface area (Å²) in [5.41, 5.74) is -2.51. The molecule has 0 unspecified atom stereocenters. The molecule has 23 heavy (non-hydrogen) atoms. The van der Waals surface area contributed by atoms with Crippen LogP contribution in [-0.2, 0) is 21.8 Å². The lowest BCUT2D eigenvalue weighted by atomic mass is 10.1. The Morgan fingerprint density at radius 1 is 1.22 bits per heavy atom. The Kier molecular flexibility index (Phi) is 4.86. The van der Waals surface area contributed by atoms with E-state index < -0.39 is 32.3 Å². The Morgan fingerprint density at radius 2 is 1.91 bits per heavy atom. The van der Waals surface area contributed by atoms with Crippen molar-refractivity contribution >= 4 is 21.4 Å². The van der Waals surface area contributed by atoms with Crippen molar-refractivity contribution in [1.82, 2.24) is 4.72 Å². The summed E-state index contributed by atoms with van der Waals surface area (Å²) in [4.78, 5) is 0.0403. The van der Waals surface area contributed by atoms with Crippen molar-refractivity contribution in [1.29, 1.82) is 0 Å². The maximum atomic E-state index is 12.7. The molecule has 0 saturated carbocycles. The number of halogens is 3. The standard InChI is InChI=1S/C14H14F3NO3S2/c1-13(19,12-6-3-7-22-12)9-18-23(20,21)11-5-2-4-10(8-11)14(15,16)17/h2-8,18-19H,9H2,1H3/t13-/m1/s1. The number of alkyl halides is 3. The molecule has 0 aliphatic heterocycles. The van der Waals surface area contributed by atoms with Gasteiger partial charge in [-0.15, -0.1) is 11.3 Å². The molecule has 1 aromatic heterocycles. The second-order valence-corrected chi connectivity index (χ2v) is 7.82. The van der Waals surface area contributed by atoms with Crippen LogP contribution in [0.15, 0.2) is 46.7 Å². The van der Waals surface area contributed by atoms with Gasteiger partial charge in [0, 0.05) is 11.4 Å². The van der Waals surface area contributed by atoms with Gasteiger partial charge in [0.1, 0.15) is 5.60 Å². The third-order valence-corrected chi connectivity index (χ3v) is 5.65. The summed E-state index contributed by atoms with van der Waals surface area (Å²) in [6.45, 7) is 1.07. The monoisotopic (exact) mass is 365 g/mol. The van der Waals surface area contributed by atoms with Crippen LogP contribution < -0.4 is 4.72 Å². The van der Waals surface area contributed by atoms with Gasteiger partial charge in [-0.2, -0.15) is 13.2 Å². The second kappa shape index (κ2) is 6.23. The van der Waals surface area contributed by atoms with Gasteiger partial charge in [0.05, 0.1) is 10.5 Å². The van der Waals surface area contributed by atoms with Gasteiger partial charge in [0.15, 0.2) is 0 Å². The fourth-order valence-electron chi connectivity index (χ4n) is 1.83. The van der Waals surface area contributed by atoms with Crippen LogP contribution in [0.4, 0.5) is 13.2 Å². The van der Waals surface area contributed by atoms with Gasteiger partial charge in [0.2, 0.25) is 10.0 Å². The van der Waals surface area contributed by atoms with E-state index in [-0.39, 0.29) is 6.54 Å². The second-order valence-electron chi connectivity index (χ2n) is 5.10. The molecule has 0 saturated heterocycles. The molecular weight excluding hydrogens is 351 g/mol. The van der Waals surface area contributed by atoms with E-state index in [4.69, 9.17) is 0 Å². The molecular formula is C14H14F3NO3S2. The van der Waals surface area contributed by atoms with Crippen molar-refractivity contribution in [2.24, 2.45) is 0 Å². The normalized spacial score (nSPS) is 15.3. The first-order valence-electron chi connectivity index (χ1n) is 6.46. The van der Waals surface area contributed by atoms with Gasteiger partial charge in [-0.05, 0) is 36.6 Å². The van der Waals surface area contributed by atoms with Gasteiger partial charge < -0.3 is 5.11 Å². The number of thiophene rings is 1. The average Bonchev–Trinajstić information content (AvgIpc) is 3.00. The number of hydrogen-bond acceptors (Lipinski definition) is 4. The summed E-state index contributed by atoms with van der Waals surface area (Å²) in [6.07, 6.45) is -4.63. The molecule has 0 spiro atoms. The highest BCUT2D eigenvalue weighted by molar-refractivity contribution is 7.89. The molecule has 0 bridgehead atoms. The topological polar surface area (TPSA) is 66.4 Å². The number of rotatable bonds is 5. The Labute approximate surface area is 135 Å². The largest absolute Gasteiger partial charge is 0.416 e. The predicted molar refractivity (Wildman–Crippen MR) is 80.5 cm³/mol. The number of nitrogens with one attached hydrogen (secondary N) is 1. The van der Waals surface area contributed by atoms with Gasteiger partial charge in [0.25, 0.3) is 0 Å². The third kappa shape index (κ3) is 4.31. The van der Waals surface area contributed by atoms with Crippen LogP contribution in [-0.4, -0.2) is 20.1 Å². The Bertz CT molecular complexity index is 769. The van der Waals surface area contributed by atoms with E-state index in [1.165, 1.54) is 18.3 Å². The molecule has 1 atom stereocenters. The summed E-state index contributed by atoms with van der Waals surface area (Å²) in [6, 6.07) is 6.79. The number of aliphatic hydroxyl groups is 1. The lowest BCUT2D eigenvalue weighted by Crippen LogP contribution is -2.38. The van der Waals surface area contributed by atoms with Gasteiger partial charge in [-0.25, -0.2) is 13.1 Å². The molecule has 0 fully saturated rings. The number of benzene rings is 1. The van der Waals surface area contributed by atoms with Crippen molar-refractivity contribution in [3.63, 3.8) is 0 Å². The van der Waals surface area contributed by atoms with Gasteiger partial charge in [-0.3, -0.25) is 0 Å². The molecule has 1 heterocycles. The highest BCUT2D eigenvalue weighted by Crippen LogP contribution is 2.30. The van der Waals surface area contributed by atoms with E-state index in [2.05, 4.69) is 4.72 Å². The molecule has 126 valence electrons. The van der Waals surface area contributed by atoms with Crippen LogP contribution in [0.25, 0.3) is 0 Å². The minimum absolute atomic E-state index is 0.355.